The number of benzene rings is 1. The molecule has 0 fully saturated rings. The third kappa shape index (κ3) is 3.13. The Balaban J connectivity index is 2.22. The summed E-state index contributed by atoms with van der Waals surface area (Å²) in [5, 5.41) is 9.71. The molecule has 1 aromatic carbocycles. The summed E-state index contributed by atoms with van der Waals surface area (Å²) in [6.07, 6.45) is 1.49. The number of phenolic OH excluding ortho intramolecular Hbond substituents is 1. The first-order valence-electron chi connectivity index (χ1n) is 5.35. The quantitative estimate of drug-likeness (QED) is 0.681. The zero-order valence-corrected chi connectivity index (χ0v) is 10.3. The van der Waals surface area contributed by atoms with Crippen LogP contribution in [-0.4, -0.2) is 16.3 Å². The van der Waals surface area contributed by atoms with Crippen LogP contribution in [0.3, 0.4) is 0 Å². The monoisotopic (exact) mass is 294 g/mol. The summed E-state index contributed by atoms with van der Waals surface area (Å²) < 4.78 is 40.9. The Hall–Kier alpha value is -1.41. The maximum Gasteiger partial charge on any atom is 0.474 e. The Kier molecular flexibility index (Phi) is 3.91. The van der Waals surface area contributed by atoms with Crippen LogP contribution in [0.5, 0.6) is 11.5 Å². The van der Waals surface area contributed by atoms with E-state index in [1.165, 1.54) is 6.07 Å². The summed E-state index contributed by atoms with van der Waals surface area (Å²) in [6, 6.07) is 2.34. The molecule has 0 amide bonds. The van der Waals surface area contributed by atoms with Gasteiger partial charge in [0.1, 0.15) is 11.5 Å². The number of carbonyl (C=O) groups is 1. The number of phenols is 1. The second-order valence-electron chi connectivity index (χ2n) is 3.95. The molecule has 1 aliphatic rings. The SMILES string of the molecule is O=C1CCCc2c(O)cc(OSC(F)(F)OF)cc21. The maximum atomic E-state index is 12.5. The first-order chi connectivity index (χ1) is 8.93. The molecule has 1 aromatic rings. The molecule has 1 aliphatic carbocycles. The molecule has 0 saturated heterocycles. The van der Waals surface area contributed by atoms with Crippen LogP contribution in [0.1, 0.15) is 28.8 Å². The van der Waals surface area contributed by atoms with Crippen molar-refractivity contribution in [2.75, 3.05) is 0 Å². The number of hydrogen-bond donors (Lipinski definition) is 1. The molecule has 19 heavy (non-hydrogen) atoms. The highest BCUT2D eigenvalue weighted by Crippen LogP contribution is 2.37. The molecule has 0 unspecified atom stereocenters. The van der Waals surface area contributed by atoms with E-state index in [1.54, 1.807) is 0 Å². The lowest BCUT2D eigenvalue weighted by Gasteiger charge is -2.17. The number of Topliss-reactive ketones (excluding diaryl/α,β-unsaturated/α-hetero) is 1. The van der Waals surface area contributed by atoms with Crippen LogP contribution in [0, 0.1) is 0 Å². The Morgan fingerprint density at radius 3 is 2.74 bits per heavy atom. The minimum absolute atomic E-state index is 0.173. The maximum absolute atomic E-state index is 12.5. The van der Waals surface area contributed by atoms with Gasteiger partial charge in [-0.3, -0.25) is 4.79 Å². The van der Waals surface area contributed by atoms with Crippen LogP contribution in [0.2, 0.25) is 0 Å². The van der Waals surface area contributed by atoms with Gasteiger partial charge in [0, 0.05) is 23.6 Å². The number of halogens is 3. The highest BCUT2D eigenvalue weighted by atomic mass is 32.2. The van der Waals surface area contributed by atoms with Gasteiger partial charge in [-0.25, -0.2) is 0 Å². The van der Waals surface area contributed by atoms with E-state index in [0.717, 1.165) is 6.07 Å². The van der Waals surface area contributed by atoms with Gasteiger partial charge < -0.3 is 9.29 Å². The molecular weight excluding hydrogens is 285 g/mol. The van der Waals surface area contributed by atoms with Crippen molar-refractivity contribution in [3.63, 3.8) is 0 Å². The van der Waals surface area contributed by atoms with Crippen molar-refractivity contribution in [1.29, 1.82) is 0 Å². The lowest BCUT2D eigenvalue weighted by atomic mass is 9.90. The largest absolute Gasteiger partial charge is 0.508 e. The highest BCUT2D eigenvalue weighted by Gasteiger charge is 2.36. The van der Waals surface area contributed by atoms with Crippen molar-refractivity contribution in [2.45, 2.75) is 24.7 Å². The Bertz CT molecular complexity index is 507. The molecular formula is C11H9F3O4S. The standard InChI is InChI=1S/C11H9F3O4S/c12-11(13,18-14)19-17-6-4-8-7(10(16)5-6)2-1-3-9(8)15/h4-5,16H,1-3H2. The molecule has 104 valence electrons. The Morgan fingerprint density at radius 1 is 1.32 bits per heavy atom. The number of hydrogen-bond acceptors (Lipinski definition) is 5. The summed E-state index contributed by atoms with van der Waals surface area (Å²) >= 11 is -0.561. The normalized spacial score (nSPS) is 15.2. The molecule has 8 heteroatoms. The first-order valence-corrected chi connectivity index (χ1v) is 6.09. The fourth-order valence-electron chi connectivity index (χ4n) is 1.86. The predicted molar refractivity (Wildman–Crippen MR) is 60.7 cm³/mol. The highest BCUT2D eigenvalue weighted by molar-refractivity contribution is 7.95. The molecule has 0 radical (unpaired) electrons. The van der Waals surface area contributed by atoms with E-state index in [-0.39, 0.29) is 22.8 Å². The predicted octanol–water partition coefficient (Wildman–Crippen LogP) is 3.39. The fourth-order valence-corrected chi connectivity index (χ4v) is 2.18. The second kappa shape index (κ2) is 5.30. The van der Waals surface area contributed by atoms with E-state index in [1.807, 2.05) is 0 Å². The Labute approximate surface area is 110 Å². The van der Waals surface area contributed by atoms with E-state index in [9.17, 15) is 23.2 Å². The molecule has 1 N–H and O–H groups in total. The van der Waals surface area contributed by atoms with Crippen molar-refractivity contribution in [1.82, 2.24) is 0 Å². The van der Waals surface area contributed by atoms with Crippen LogP contribution in [-0.2, 0) is 11.4 Å². The van der Waals surface area contributed by atoms with Gasteiger partial charge in [0.2, 0.25) is 0 Å². The van der Waals surface area contributed by atoms with Gasteiger partial charge in [0.05, 0.1) is 0 Å². The fraction of sp³-hybridized carbons (Fsp3) is 0.364. The van der Waals surface area contributed by atoms with Crippen molar-refractivity contribution in [3.8, 4) is 11.5 Å². The van der Waals surface area contributed by atoms with Crippen LogP contribution in [0.25, 0.3) is 0 Å². The lowest BCUT2D eigenvalue weighted by molar-refractivity contribution is -0.302. The number of ketones is 1. The van der Waals surface area contributed by atoms with Gasteiger partial charge >= 0.3 is 5.44 Å². The molecule has 0 saturated carbocycles. The summed E-state index contributed by atoms with van der Waals surface area (Å²) in [6.45, 7) is 0. The lowest BCUT2D eigenvalue weighted by Crippen LogP contribution is -2.13. The second-order valence-corrected chi connectivity index (χ2v) is 4.76. The number of alkyl halides is 2. The summed E-state index contributed by atoms with van der Waals surface area (Å²) in [4.78, 5) is 14.0. The number of carbonyl (C=O) groups excluding carboxylic acids is 1. The third-order valence-electron chi connectivity index (χ3n) is 2.66. The molecule has 4 nitrogen and oxygen atoms in total. The average molecular weight is 294 g/mol. The molecule has 0 bridgehead atoms. The number of rotatable bonds is 4. The first kappa shape index (κ1) is 14.0. The number of aromatic hydroxyl groups is 1. The van der Waals surface area contributed by atoms with Gasteiger partial charge in [-0.1, -0.05) is 0 Å². The van der Waals surface area contributed by atoms with E-state index in [4.69, 9.17) is 0 Å². The smallest absolute Gasteiger partial charge is 0.474 e. The molecule has 0 aliphatic heterocycles. The number of fused-ring (bicyclic) bond motifs is 1. The van der Waals surface area contributed by atoms with Crippen molar-refractivity contribution in [3.05, 3.63) is 23.3 Å². The molecule has 0 heterocycles. The van der Waals surface area contributed by atoms with Crippen molar-refractivity contribution >= 4 is 17.8 Å². The molecule has 2 rings (SSSR count). The van der Waals surface area contributed by atoms with Gasteiger partial charge in [0.15, 0.2) is 17.8 Å². The van der Waals surface area contributed by atoms with Gasteiger partial charge in [-0.15, -0.1) is 4.94 Å². The average Bonchev–Trinajstić information content (AvgIpc) is 2.38. The topological polar surface area (TPSA) is 55.8 Å². The minimum atomic E-state index is -4.16. The molecule has 0 atom stereocenters. The van der Waals surface area contributed by atoms with Gasteiger partial charge in [-0.2, -0.15) is 8.78 Å². The van der Waals surface area contributed by atoms with E-state index >= 15 is 0 Å². The minimum Gasteiger partial charge on any atom is -0.508 e. The van der Waals surface area contributed by atoms with E-state index in [0.29, 0.717) is 24.8 Å². The zero-order chi connectivity index (χ0) is 14.0. The van der Waals surface area contributed by atoms with Crippen molar-refractivity contribution < 1.29 is 32.3 Å². The summed E-state index contributed by atoms with van der Waals surface area (Å²) in [5.41, 5.74) is -3.44. The van der Waals surface area contributed by atoms with Crippen LogP contribution in [0.15, 0.2) is 12.1 Å². The summed E-state index contributed by atoms with van der Waals surface area (Å²) in [5.74, 6) is -0.570. The van der Waals surface area contributed by atoms with Crippen molar-refractivity contribution in [2.24, 2.45) is 0 Å². The van der Waals surface area contributed by atoms with Gasteiger partial charge in [-0.05, 0) is 23.4 Å². The molecule has 0 spiro atoms. The van der Waals surface area contributed by atoms with E-state index in [2.05, 4.69) is 9.12 Å². The summed E-state index contributed by atoms with van der Waals surface area (Å²) in [7, 11) is 0. The molecule has 0 aromatic heterocycles. The van der Waals surface area contributed by atoms with E-state index < -0.39 is 17.5 Å². The van der Waals surface area contributed by atoms with Crippen LogP contribution >= 0.6 is 12.0 Å². The van der Waals surface area contributed by atoms with Crippen LogP contribution < -0.4 is 4.18 Å². The zero-order valence-electron chi connectivity index (χ0n) is 9.49. The Morgan fingerprint density at radius 2 is 2.05 bits per heavy atom. The van der Waals surface area contributed by atoms with Gasteiger partial charge in [0.25, 0.3) is 0 Å². The third-order valence-corrected chi connectivity index (χ3v) is 3.19. The van der Waals surface area contributed by atoms with Crippen LogP contribution in [0.4, 0.5) is 13.3 Å².